The molecule has 3 amide bonds. The molecule has 2 fully saturated rings. The first-order chi connectivity index (χ1) is 27.2. The van der Waals surface area contributed by atoms with Crippen molar-refractivity contribution >= 4 is 23.7 Å². The largest absolute Gasteiger partial charge is 0.377 e. The van der Waals surface area contributed by atoms with Gasteiger partial charge in [-0.2, -0.15) is 11.8 Å². The highest BCUT2D eigenvalue weighted by Crippen LogP contribution is 2.33. The first kappa shape index (κ1) is 49.3. The van der Waals surface area contributed by atoms with Gasteiger partial charge in [-0.15, -0.1) is 6.42 Å². The number of fused-ring (bicyclic) bond motifs is 1. The maximum absolute atomic E-state index is 12.0. The van der Waals surface area contributed by atoms with Crippen LogP contribution in [0.3, 0.4) is 0 Å². The molecule has 3 atom stereocenters. The highest BCUT2D eigenvalue weighted by Gasteiger charge is 2.42. The van der Waals surface area contributed by atoms with Crippen molar-refractivity contribution < 1.29 is 66.4 Å². The summed E-state index contributed by atoms with van der Waals surface area (Å²) >= 11 is 1.90. The smallest absolute Gasteiger partial charge is 0.315 e. The van der Waals surface area contributed by atoms with Gasteiger partial charge in [-0.1, -0.05) is 12.3 Å². The molecule has 2 heterocycles. The third kappa shape index (κ3) is 30.0. The zero-order valence-electron chi connectivity index (χ0n) is 32.6. The van der Waals surface area contributed by atoms with Gasteiger partial charge in [0, 0.05) is 24.0 Å². The Morgan fingerprint density at radius 3 is 1.36 bits per heavy atom. The van der Waals surface area contributed by atoms with E-state index in [2.05, 4.69) is 21.9 Å². The van der Waals surface area contributed by atoms with E-state index in [0.29, 0.717) is 177 Å². The van der Waals surface area contributed by atoms with E-state index in [0.717, 1.165) is 25.0 Å². The van der Waals surface area contributed by atoms with Crippen molar-refractivity contribution in [2.75, 3.05) is 171 Å². The summed E-state index contributed by atoms with van der Waals surface area (Å²) < 4.78 is 65.2. The lowest BCUT2D eigenvalue weighted by Crippen LogP contribution is -2.36. The molecule has 17 nitrogen and oxygen atoms in total. The summed E-state index contributed by atoms with van der Waals surface area (Å²) in [6, 6.07) is 0.403. The van der Waals surface area contributed by atoms with Crippen LogP contribution in [0.2, 0.25) is 0 Å². The number of terminal acetylenes is 1. The van der Waals surface area contributed by atoms with Gasteiger partial charge in [0.05, 0.1) is 164 Å². The van der Waals surface area contributed by atoms with Crippen LogP contribution in [-0.4, -0.2) is 200 Å². The van der Waals surface area contributed by atoms with Gasteiger partial charge < -0.3 is 72.8 Å². The number of nitrogens with one attached hydrogen (secondary N) is 3. The Hall–Kier alpha value is -1.83. The van der Waals surface area contributed by atoms with Crippen molar-refractivity contribution in [1.29, 1.82) is 0 Å². The molecule has 2 saturated heterocycles. The van der Waals surface area contributed by atoms with E-state index in [1.807, 2.05) is 11.8 Å². The van der Waals surface area contributed by atoms with Crippen LogP contribution in [0.25, 0.3) is 0 Å². The molecule has 320 valence electrons. The fraction of sp³-hybridized carbons (Fsp3) is 0.892. The van der Waals surface area contributed by atoms with Crippen LogP contribution in [0, 0.1) is 12.3 Å². The first-order valence-corrected chi connectivity index (χ1v) is 20.6. The quantitative estimate of drug-likeness (QED) is 0.0445. The Morgan fingerprint density at radius 2 is 0.964 bits per heavy atom. The molecule has 2 aliphatic heterocycles. The van der Waals surface area contributed by atoms with Gasteiger partial charge in [0.25, 0.3) is 0 Å². The van der Waals surface area contributed by atoms with Gasteiger partial charge in [0.2, 0.25) is 5.91 Å². The van der Waals surface area contributed by atoms with E-state index in [9.17, 15) is 9.59 Å². The van der Waals surface area contributed by atoms with Crippen molar-refractivity contribution in [2.24, 2.45) is 0 Å². The summed E-state index contributed by atoms with van der Waals surface area (Å²) in [4.78, 5) is 23.5. The van der Waals surface area contributed by atoms with Crippen molar-refractivity contribution in [3.8, 4) is 12.3 Å². The number of rotatable bonds is 42. The molecule has 0 aromatic heterocycles. The number of thioether (sulfide) groups is 1. The predicted octanol–water partition coefficient (Wildman–Crippen LogP) is 0.661. The Labute approximate surface area is 331 Å². The number of carbonyl (C=O) groups is 2. The van der Waals surface area contributed by atoms with Crippen LogP contribution >= 0.6 is 11.8 Å². The molecular weight excluding hydrogens is 742 g/mol. The van der Waals surface area contributed by atoms with Crippen LogP contribution < -0.4 is 16.0 Å². The Bertz CT molecular complexity index is 953. The average Bonchev–Trinajstić information content (AvgIpc) is 3.75. The Morgan fingerprint density at radius 1 is 0.582 bits per heavy atom. The van der Waals surface area contributed by atoms with E-state index in [1.54, 1.807) is 0 Å². The lowest BCUT2D eigenvalue weighted by molar-refractivity contribution is -0.121. The SMILES string of the molecule is C#CCOCCOCCOCCOCCOCCOCCOCCOCCOCCOCCOCCOCCNC(=O)CCCC[C@H]1SC[C@H]2NC(=O)N[C@H]21. The molecule has 0 saturated carbocycles. The highest BCUT2D eigenvalue weighted by molar-refractivity contribution is 8.00. The molecule has 18 heteroatoms. The molecule has 55 heavy (non-hydrogen) atoms. The van der Waals surface area contributed by atoms with Crippen LogP contribution in [-0.2, 0) is 61.6 Å². The van der Waals surface area contributed by atoms with E-state index in [1.165, 1.54) is 0 Å². The second-order valence-electron chi connectivity index (χ2n) is 12.2. The van der Waals surface area contributed by atoms with Crippen LogP contribution in [0.15, 0.2) is 0 Å². The van der Waals surface area contributed by atoms with E-state index in [4.69, 9.17) is 63.3 Å². The summed E-state index contributed by atoms with van der Waals surface area (Å²) in [5.41, 5.74) is 0. The van der Waals surface area contributed by atoms with Crippen molar-refractivity contribution in [1.82, 2.24) is 16.0 Å². The van der Waals surface area contributed by atoms with E-state index < -0.39 is 0 Å². The third-order valence-electron chi connectivity index (χ3n) is 7.93. The summed E-state index contributed by atoms with van der Waals surface area (Å²) in [6.07, 6.45) is 8.42. The molecule has 0 aromatic carbocycles. The molecule has 2 aliphatic rings. The summed E-state index contributed by atoms with van der Waals surface area (Å²) in [5, 5.41) is 9.28. The number of ether oxygens (including phenoxy) is 12. The fourth-order valence-corrected chi connectivity index (χ4v) is 6.72. The van der Waals surface area contributed by atoms with Crippen LogP contribution in [0.5, 0.6) is 0 Å². The zero-order chi connectivity index (χ0) is 39.1. The minimum Gasteiger partial charge on any atom is -0.377 e. The van der Waals surface area contributed by atoms with E-state index >= 15 is 0 Å². The van der Waals surface area contributed by atoms with Gasteiger partial charge in [-0.3, -0.25) is 4.79 Å². The van der Waals surface area contributed by atoms with Gasteiger partial charge in [-0.05, 0) is 12.8 Å². The molecule has 0 unspecified atom stereocenters. The monoisotopic (exact) mass is 809 g/mol. The minimum atomic E-state index is -0.0616. The molecule has 0 aliphatic carbocycles. The van der Waals surface area contributed by atoms with Crippen molar-refractivity contribution in [3.63, 3.8) is 0 Å². The number of hydrogen-bond donors (Lipinski definition) is 3. The Balaban J connectivity index is 1.14. The summed E-state index contributed by atoms with van der Waals surface area (Å²) in [5.74, 6) is 3.40. The Kier molecular flexibility index (Phi) is 33.8. The van der Waals surface area contributed by atoms with Crippen molar-refractivity contribution in [2.45, 2.75) is 43.0 Å². The fourth-order valence-electron chi connectivity index (χ4n) is 5.18. The highest BCUT2D eigenvalue weighted by atomic mass is 32.2. The molecule has 0 aromatic rings. The lowest BCUT2D eigenvalue weighted by Gasteiger charge is -2.16. The summed E-state index contributed by atoms with van der Waals surface area (Å²) in [7, 11) is 0. The molecule has 0 bridgehead atoms. The third-order valence-corrected chi connectivity index (χ3v) is 9.44. The number of hydrogen-bond acceptors (Lipinski definition) is 15. The van der Waals surface area contributed by atoms with E-state index in [-0.39, 0.29) is 24.0 Å². The number of unbranched alkanes of at least 4 members (excludes halogenated alkanes) is 1. The molecule has 0 radical (unpaired) electrons. The minimum absolute atomic E-state index is 0.0418. The second-order valence-corrected chi connectivity index (χ2v) is 13.5. The number of urea groups is 1. The number of amides is 3. The van der Waals surface area contributed by atoms with Crippen LogP contribution in [0.1, 0.15) is 25.7 Å². The van der Waals surface area contributed by atoms with Gasteiger partial charge in [-0.25, -0.2) is 4.79 Å². The first-order valence-electron chi connectivity index (χ1n) is 19.5. The van der Waals surface area contributed by atoms with Gasteiger partial charge in [0.1, 0.15) is 6.61 Å². The average molecular weight is 810 g/mol. The number of carbonyl (C=O) groups excluding carboxylic acids is 2. The molecule has 0 spiro atoms. The topological polar surface area (TPSA) is 181 Å². The van der Waals surface area contributed by atoms with Crippen molar-refractivity contribution in [3.05, 3.63) is 0 Å². The second kappa shape index (κ2) is 37.7. The molecular formula is C37H67N3O14S. The van der Waals surface area contributed by atoms with Gasteiger partial charge in [0.15, 0.2) is 0 Å². The molecule has 3 N–H and O–H groups in total. The summed E-state index contributed by atoms with van der Waals surface area (Å²) in [6.45, 7) is 12.0. The van der Waals surface area contributed by atoms with Crippen LogP contribution in [0.4, 0.5) is 4.79 Å². The zero-order valence-corrected chi connectivity index (χ0v) is 33.5. The van der Waals surface area contributed by atoms with Gasteiger partial charge >= 0.3 is 6.03 Å². The maximum atomic E-state index is 12.0. The maximum Gasteiger partial charge on any atom is 0.315 e. The molecule has 2 rings (SSSR count). The standard InChI is InChI=1S/C37H67N3O14S/c1-2-8-43-10-12-45-14-16-47-18-20-49-22-24-51-26-28-53-30-31-54-29-27-52-25-23-50-21-19-48-17-15-46-13-11-44-9-7-38-35(41)6-4-3-5-34-36-33(32-55-34)39-37(42)40-36/h1,33-34,36H,3-32H2,(H,38,41)(H2,39,40,42)/t33-,34-,36-/m1/s1. The lowest BCUT2D eigenvalue weighted by atomic mass is 10.0. The predicted molar refractivity (Wildman–Crippen MR) is 206 cm³/mol. The normalized spacial score (nSPS) is 17.6.